The summed E-state index contributed by atoms with van der Waals surface area (Å²) in [6, 6.07) is -0.0565. The Bertz CT molecular complexity index is 341. The van der Waals surface area contributed by atoms with Crippen LogP contribution in [0, 0.1) is 11.8 Å². The summed E-state index contributed by atoms with van der Waals surface area (Å²) < 4.78 is 11.0. The van der Waals surface area contributed by atoms with Gasteiger partial charge in [-0.15, -0.1) is 0 Å². The van der Waals surface area contributed by atoms with E-state index in [-0.39, 0.29) is 6.03 Å². The fourth-order valence-electron chi connectivity index (χ4n) is 2.88. The second-order valence-electron chi connectivity index (χ2n) is 6.27. The third-order valence-electron chi connectivity index (χ3n) is 4.37. The number of nitrogens with one attached hydrogen (secondary N) is 2. The fourth-order valence-corrected chi connectivity index (χ4v) is 2.88. The van der Waals surface area contributed by atoms with Gasteiger partial charge < -0.3 is 20.1 Å². The average molecular weight is 310 g/mol. The maximum absolute atomic E-state index is 11.7. The van der Waals surface area contributed by atoms with Gasteiger partial charge in [0.2, 0.25) is 0 Å². The van der Waals surface area contributed by atoms with Crippen molar-refractivity contribution in [3.05, 3.63) is 12.2 Å². The third kappa shape index (κ3) is 7.27. The SMILES string of the molecule is O=C(NCCCOCC1CCOCC1)NC[C@H]1CC=CCC1. The molecule has 1 aliphatic heterocycles. The Morgan fingerprint density at radius 2 is 2.00 bits per heavy atom. The summed E-state index contributed by atoms with van der Waals surface area (Å²) in [7, 11) is 0. The molecule has 22 heavy (non-hydrogen) atoms. The topological polar surface area (TPSA) is 59.6 Å². The minimum atomic E-state index is -0.0565. The summed E-state index contributed by atoms with van der Waals surface area (Å²) >= 11 is 0. The molecule has 0 saturated carbocycles. The van der Waals surface area contributed by atoms with Gasteiger partial charge in [-0.3, -0.25) is 0 Å². The minimum Gasteiger partial charge on any atom is -0.381 e. The highest BCUT2D eigenvalue weighted by Gasteiger charge is 2.13. The molecule has 2 amide bonds. The summed E-state index contributed by atoms with van der Waals surface area (Å²) in [5.74, 6) is 1.24. The Labute approximate surface area is 133 Å². The molecule has 1 atom stereocenters. The third-order valence-corrected chi connectivity index (χ3v) is 4.37. The van der Waals surface area contributed by atoms with E-state index in [2.05, 4.69) is 22.8 Å². The summed E-state index contributed by atoms with van der Waals surface area (Å²) in [6.07, 6.45) is 10.9. The Kier molecular flexibility index (Phi) is 8.35. The van der Waals surface area contributed by atoms with Gasteiger partial charge >= 0.3 is 6.03 Å². The standard InChI is InChI=1S/C17H30N2O3/c20-17(19-13-15-5-2-1-3-6-15)18-9-4-10-22-14-16-7-11-21-12-8-16/h1-2,15-16H,3-14H2,(H2,18,19,20)/t15-/m0/s1. The van der Waals surface area contributed by atoms with Crippen molar-refractivity contribution < 1.29 is 14.3 Å². The number of hydrogen-bond acceptors (Lipinski definition) is 3. The zero-order chi connectivity index (χ0) is 15.5. The fraction of sp³-hybridized carbons (Fsp3) is 0.824. The van der Waals surface area contributed by atoms with Gasteiger partial charge in [-0.05, 0) is 50.4 Å². The van der Waals surface area contributed by atoms with Crippen LogP contribution >= 0.6 is 0 Å². The Hall–Kier alpha value is -1.07. The molecule has 5 heteroatoms. The first-order valence-corrected chi connectivity index (χ1v) is 8.67. The predicted molar refractivity (Wildman–Crippen MR) is 86.9 cm³/mol. The van der Waals surface area contributed by atoms with E-state index in [1.54, 1.807) is 0 Å². The number of amides is 2. The zero-order valence-electron chi connectivity index (χ0n) is 13.5. The highest BCUT2D eigenvalue weighted by molar-refractivity contribution is 5.73. The van der Waals surface area contributed by atoms with E-state index in [0.717, 1.165) is 58.5 Å². The van der Waals surface area contributed by atoms with E-state index in [4.69, 9.17) is 9.47 Å². The molecule has 0 bridgehead atoms. The molecule has 5 nitrogen and oxygen atoms in total. The van der Waals surface area contributed by atoms with Gasteiger partial charge in [-0.25, -0.2) is 4.79 Å². The first-order valence-electron chi connectivity index (χ1n) is 8.67. The molecule has 0 unspecified atom stereocenters. The van der Waals surface area contributed by atoms with Gasteiger partial charge in [-0.2, -0.15) is 0 Å². The second-order valence-corrected chi connectivity index (χ2v) is 6.27. The molecule has 0 aromatic rings. The van der Waals surface area contributed by atoms with Crippen LogP contribution in [0.5, 0.6) is 0 Å². The molecule has 1 heterocycles. The lowest BCUT2D eigenvalue weighted by Gasteiger charge is -2.21. The van der Waals surface area contributed by atoms with Crippen LogP contribution in [0.15, 0.2) is 12.2 Å². The first-order chi connectivity index (χ1) is 10.8. The molecule has 2 aliphatic rings. The van der Waals surface area contributed by atoms with E-state index in [0.29, 0.717) is 25.0 Å². The highest BCUT2D eigenvalue weighted by Crippen LogP contribution is 2.16. The number of allylic oxidation sites excluding steroid dienone is 2. The van der Waals surface area contributed by atoms with Crippen LogP contribution in [-0.2, 0) is 9.47 Å². The van der Waals surface area contributed by atoms with Crippen LogP contribution < -0.4 is 10.6 Å². The van der Waals surface area contributed by atoms with E-state index in [1.165, 1.54) is 6.42 Å². The van der Waals surface area contributed by atoms with E-state index < -0.39 is 0 Å². The summed E-state index contributed by atoms with van der Waals surface area (Å²) in [5, 5.41) is 5.85. The number of urea groups is 1. The number of carbonyl (C=O) groups excluding carboxylic acids is 1. The lowest BCUT2D eigenvalue weighted by atomic mass is 9.94. The molecule has 0 aromatic carbocycles. The van der Waals surface area contributed by atoms with Crippen LogP contribution in [0.4, 0.5) is 4.79 Å². The van der Waals surface area contributed by atoms with Crippen LogP contribution in [0.25, 0.3) is 0 Å². The normalized spacial score (nSPS) is 22.5. The Morgan fingerprint density at radius 3 is 2.77 bits per heavy atom. The number of carbonyl (C=O) groups is 1. The molecule has 1 fully saturated rings. The molecule has 126 valence electrons. The molecule has 1 saturated heterocycles. The lowest BCUT2D eigenvalue weighted by Crippen LogP contribution is -2.39. The highest BCUT2D eigenvalue weighted by atomic mass is 16.5. The van der Waals surface area contributed by atoms with Crippen LogP contribution in [0.2, 0.25) is 0 Å². The lowest BCUT2D eigenvalue weighted by molar-refractivity contribution is 0.0203. The van der Waals surface area contributed by atoms with Crippen molar-refractivity contribution in [2.24, 2.45) is 11.8 Å². The molecule has 0 radical (unpaired) electrons. The molecular formula is C17H30N2O3. The smallest absolute Gasteiger partial charge is 0.314 e. The van der Waals surface area contributed by atoms with E-state index in [9.17, 15) is 4.79 Å². The second kappa shape index (κ2) is 10.6. The first kappa shape index (κ1) is 17.3. The van der Waals surface area contributed by atoms with Crippen molar-refractivity contribution in [1.29, 1.82) is 0 Å². The van der Waals surface area contributed by atoms with Gasteiger partial charge in [0.05, 0.1) is 0 Å². The van der Waals surface area contributed by atoms with Gasteiger partial charge in [-0.1, -0.05) is 12.2 Å². The largest absolute Gasteiger partial charge is 0.381 e. The zero-order valence-corrected chi connectivity index (χ0v) is 13.5. The van der Waals surface area contributed by atoms with E-state index >= 15 is 0 Å². The van der Waals surface area contributed by atoms with Gasteiger partial charge in [0.25, 0.3) is 0 Å². The monoisotopic (exact) mass is 310 g/mol. The Morgan fingerprint density at radius 1 is 1.14 bits per heavy atom. The quantitative estimate of drug-likeness (QED) is 0.535. The number of ether oxygens (including phenoxy) is 2. The molecule has 0 aromatic heterocycles. The van der Waals surface area contributed by atoms with Crippen LogP contribution in [0.3, 0.4) is 0 Å². The van der Waals surface area contributed by atoms with Crippen molar-refractivity contribution in [2.75, 3.05) is 39.5 Å². The molecular weight excluding hydrogens is 280 g/mol. The van der Waals surface area contributed by atoms with Crippen LogP contribution in [0.1, 0.15) is 38.5 Å². The van der Waals surface area contributed by atoms with Crippen molar-refractivity contribution in [3.8, 4) is 0 Å². The van der Waals surface area contributed by atoms with Crippen molar-refractivity contribution in [3.63, 3.8) is 0 Å². The average Bonchev–Trinajstić information content (AvgIpc) is 2.58. The van der Waals surface area contributed by atoms with Gasteiger partial charge in [0.1, 0.15) is 0 Å². The maximum atomic E-state index is 11.7. The summed E-state index contributed by atoms with van der Waals surface area (Å²) in [6.45, 7) is 4.72. The van der Waals surface area contributed by atoms with Gasteiger partial charge in [0, 0.05) is 39.5 Å². The predicted octanol–water partition coefficient (Wildman–Crippen LogP) is 2.48. The minimum absolute atomic E-state index is 0.0565. The summed E-state index contributed by atoms with van der Waals surface area (Å²) in [5.41, 5.74) is 0. The maximum Gasteiger partial charge on any atom is 0.314 e. The van der Waals surface area contributed by atoms with Crippen molar-refractivity contribution in [1.82, 2.24) is 10.6 Å². The van der Waals surface area contributed by atoms with Crippen molar-refractivity contribution in [2.45, 2.75) is 38.5 Å². The van der Waals surface area contributed by atoms with Gasteiger partial charge in [0.15, 0.2) is 0 Å². The van der Waals surface area contributed by atoms with Crippen LogP contribution in [-0.4, -0.2) is 45.5 Å². The molecule has 2 N–H and O–H groups in total. The molecule has 2 rings (SSSR count). The van der Waals surface area contributed by atoms with Crippen molar-refractivity contribution >= 4 is 6.03 Å². The molecule has 1 aliphatic carbocycles. The van der Waals surface area contributed by atoms with E-state index in [1.807, 2.05) is 0 Å². The number of hydrogen-bond donors (Lipinski definition) is 2. The molecule has 0 spiro atoms. The summed E-state index contributed by atoms with van der Waals surface area (Å²) in [4.78, 5) is 11.7. The Balaban J connectivity index is 1.39. The number of rotatable bonds is 8.